The molecule has 0 aliphatic rings. The van der Waals surface area contributed by atoms with Crippen molar-refractivity contribution in [3.8, 4) is 5.75 Å². The van der Waals surface area contributed by atoms with Crippen molar-refractivity contribution in [3.63, 3.8) is 0 Å². The zero-order valence-corrected chi connectivity index (χ0v) is 12.6. The molecule has 0 radical (unpaired) electrons. The number of aromatic nitrogens is 2. The van der Waals surface area contributed by atoms with Gasteiger partial charge in [-0.15, -0.1) is 0 Å². The number of hydrogen-bond donors (Lipinski definition) is 0. The lowest BCUT2D eigenvalue weighted by atomic mass is 9.97. The van der Waals surface area contributed by atoms with E-state index in [1.807, 2.05) is 6.26 Å². The van der Waals surface area contributed by atoms with Crippen LogP contribution in [-0.4, -0.2) is 29.6 Å². The van der Waals surface area contributed by atoms with E-state index in [0.29, 0.717) is 21.6 Å². The number of ether oxygens (including phenoxy) is 1. The van der Waals surface area contributed by atoms with Crippen molar-refractivity contribution in [3.05, 3.63) is 46.7 Å². The number of carbonyl (C=O) groups excluding carboxylic acids is 1. The monoisotopic (exact) mass is 308 g/mol. The van der Waals surface area contributed by atoms with E-state index in [2.05, 4.69) is 9.97 Å². The van der Waals surface area contributed by atoms with Crippen LogP contribution < -0.4 is 4.74 Å². The Morgan fingerprint density at radius 3 is 2.85 bits per heavy atom. The Morgan fingerprint density at radius 2 is 2.20 bits per heavy atom. The van der Waals surface area contributed by atoms with Crippen LogP contribution in [0.4, 0.5) is 0 Å². The number of benzene rings is 1. The van der Waals surface area contributed by atoms with Gasteiger partial charge >= 0.3 is 0 Å². The van der Waals surface area contributed by atoms with Gasteiger partial charge in [-0.1, -0.05) is 29.4 Å². The summed E-state index contributed by atoms with van der Waals surface area (Å²) in [6.07, 6.45) is 4.40. The molecule has 20 heavy (non-hydrogen) atoms. The molecule has 4 nitrogen and oxygen atoms in total. The maximum absolute atomic E-state index is 11.4. The molecule has 0 amide bonds. The van der Waals surface area contributed by atoms with Crippen molar-refractivity contribution < 1.29 is 9.53 Å². The van der Waals surface area contributed by atoms with E-state index in [1.54, 1.807) is 30.5 Å². The molecular weight excluding hydrogens is 296 g/mol. The van der Waals surface area contributed by atoms with E-state index in [4.69, 9.17) is 16.3 Å². The minimum Gasteiger partial charge on any atom is -0.495 e. The summed E-state index contributed by atoms with van der Waals surface area (Å²) in [4.78, 5) is 19.9. The Morgan fingerprint density at radius 1 is 1.40 bits per heavy atom. The topological polar surface area (TPSA) is 52.1 Å². The van der Waals surface area contributed by atoms with Crippen molar-refractivity contribution >= 4 is 29.6 Å². The minimum atomic E-state index is -0.463. The normalized spacial score (nSPS) is 11.9. The molecule has 1 unspecified atom stereocenters. The molecule has 6 heteroatoms. The van der Waals surface area contributed by atoms with Crippen molar-refractivity contribution in [2.24, 2.45) is 0 Å². The summed E-state index contributed by atoms with van der Waals surface area (Å²) in [7, 11) is 1.54. The van der Waals surface area contributed by atoms with Crippen LogP contribution in [0.15, 0.2) is 35.6 Å². The largest absolute Gasteiger partial charge is 0.495 e. The third-order valence-corrected chi connectivity index (χ3v) is 3.70. The van der Waals surface area contributed by atoms with Crippen molar-refractivity contribution in [1.29, 1.82) is 0 Å². The highest BCUT2D eigenvalue weighted by atomic mass is 35.5. The predicted octanol–water partition coefficient (Wildman–Crippen LogP) is 3.19. The van der Waals surface area contributed by atoms with E-state index in [9.17, 15) is 4.79 Å². The van der Waals surface area contributed by atoms with E-state index in [0.717, 1.165) is 11.8 Å². The van der Waals surface area contributed by atoms with E-state index < -0.39 is 5.92 Å². The zero-order chi connectivity index (χ0) is 14.5. The number of rotatable bonds is 5. The standard InChI is InChI=1S/C14H13ClN2O2S/c1-19-13-7-9(3-4-11(13)15)10(8-18)12-5-6-16-14(17-12)20-2/h3-8,10H,1-2H3. The maximum atomic E-state index is 11.4. The number of carbonyl (C=O) groups is 1. The summed E-state index contributed by atoms with van der Waals surface area (Å²) in [6, 6.07) is 7.00. The third kappa shape index (κ3) is 3.11. The Bertz CT molecular complexity index is 622. The van der Waals surface area contributed by atoms with E-state index in [1.165, 1.54) is 18.9 Å². The molecule has 2 rings (SSSR count). The van der Waals surface area contributed by atoms with Crippen LogP contribution in [-0.2, 0) is 4.79 Å². The van der Waals surface area contributed by atoms with Crippen LogP contribution in [0.5, 0.6) is 5.75 Å². The quantitative estimate of drug-likeness (QED) is 0.482. The van der Waals surface area contributed by atoms with Crippen LogP contribution in [0.1, 0.15) is 17.2 Å². The second-order valence-corrected chi connectivity index (χ2v) is 5.16. The molecule has 1 aromatic carbocycles. The first kappa shape index (κ1) is 14.8. The van der Waals surface area contributed by atoms with Crippen molar-refractivity contribution in [2.45, 2.75) is 11.1 Å². The predicted molar refractivity (Wildman–Crippen MR) is 79.7 cm³/mol. The second kappa shape index (κ2) is 6.72. The van der Waals surface area contributed by atoms with Crippen LogP contribution in [0.3, 0.4) is 0 Å². The van der Waals surface area contributed by atoms with Crippen molar-refractivity contribution in [2.75, 3.05) is 13.4 Å². The molecular formula is C14H13ClN2O2S. The summed E-state index contributed by atoms with van der Waals surface area (Å²) in [5.74, 6) is 0.0743. The van der Waals surface area contributed by atoms with Gasteiger partial charge in [-0.25, -0.2) is 9.97 Å². The van der Waals surface area contributed by atoms with E-state index >= 15 is 0 Å². The summed E-state index contributed by atoms with van der Waals surface area (Å²) in [6.45, 7) is 0. The van der Waals surface area contributed by atoms with Gasteiger partial charge < -0.3 is 9.53 Å². The number of thioether (sulfide) groups is 1. The molecule has 0 N–H and O–H groups in total. The lowest BCUT2D eigenvalue weighted by Crippen LogP contribution is -2.06. The molecule has 1 heterocycles. The van der Waals surface area contributed by atoms with E-state index in [-0.39, 0.29) is 0 Å². The Hall–Kier alpha value is -1.59. The molecule has 0 aliphatic heterocycles. The van der Waals surface area contributed by atoms with Gasteiger partial charge in [0.05, 0.1) is 23.7 Å². The molecule has 104 valence electrons. The minimum absolute atomic E-state index is 0.463. The first-order valence-electron chi connectivity index (χ1n) is 5.85. The zero-order valence-electron chi connectivity index (χ0n) is 11.0. The number of hydrogen-bond acceptors (Lipinski definition) is 5. The molecule has 0 fully saturated rings. The Kier molecular flexibility index (Phi) is 4.98. The number of halogens is 1. The first-order valence-corrected chi connectivity index (χ1v) is 7.45. The van der Waals surface area contributed by atoms with Crippen LogP contribution in [0.25, 0.3) is 0 Å². The molecule has 2 aromatic rings. The molecule has 1 aromatic heterocycles. The lowest BCUT2D eigenvalue weighted by molar-refractivity contribution is -0.108. The van der Waals surface area contributed by atoms with Gasteiger partial charge in [-0.3, -0.25) is 0 Å². The maximum Gasteiger partial charge on any atom is 0.187 e. The van der Waals surface area contributed by atoms with Gasteiger partial charge in [-0.2, -0.15) is 0 Å². The second-order valence-electron chi connectivity index (χ2n) is 3.98. The Labute approximate surface area is 126 Å². The van der Waals surface area contributed by atoms with Gasteiger partial charge in [0.1, 0.15) is 12.0 Å². The number of aldehydes is 1. The van der Waals surface area contributed by atoms with Crippen LogP contribution in [0, 0.1) is 0 Å². The van der Waals surface area contributed by atoms with Gasteiger partial charge in [0.2, 0.25) is 0 Å². The highest BCUT2D eigenvalue weighted by molar-refractivity contribution is 7.98. The smallest absolute Gasteiger partial charge is 0.187 e. The highest BCUT2D eigenvalue weighted by Gasteiger charge is 2.17. The summed E-state index contributed by atoms with van der Waals surface area (Å²) < 4.78 is 5.18. The Balaban J connectivity index is 2.43. The lowest BCUT2D eigenvalue weighted by Gasteiger charge is -2.12. The van der Waals surface area contributed by atoms with Gasteiger partial charge in [0.15, 0.2) is 5.16 Å². The number of methoxy groups -OCH3 is 1. The fraction of sp³-hybridized carbons (Fsp3) is 0.214. The SMILES string of the molecule is COc1cc(C(C=O)c2ccnc(SC)n2)ccc1Cl. The van der Waals surface area contributed by atoms with Gasteiger partial charge in [-0.05, 0) is 30.0 Å². The number of nitrogens with zero attached hydrogens (tertiary/aromatic N) is 2. The third-order valence-electron chi connectivity index (χ3n) is 2.83. The average Bonchev–Trinajstić information content (AvgIpc) is 2.50. The molecule has 0 spiro atoms. The van der Waals surface area contributed by atoms with Gasteiger partial charge in [0.25, 0.3) is 0 Å². The average molecular weight is 309 g/mol. The first-order chi connectivity index (χ1) is 9.69. The summed E-state index contributed by atoms with van der Waals surface area (Å²) in [5, 5.41) is 1.14. The molecule has 0 bridgehead atoms. The highest BCUT2D eigenvalue weighted by Crippen LogP contribution is 2.30. The summed E-state index contributed by atoms with van der Waals surface area (Å²) in [5.41, 5.74) is 1.44. The molecule has 0 aliphatic carbocycles. The molecule has 0 saturated heterocycles. The molecule has 0 saturated carbocycles. The van der Waals surface area contributed by atoms with Gasteiger partial charge in [0, 0.05) is 6.20 Å². The van der Waals surface area contributed by atoms with Crippen LogP contribution in [0.2, 0.25) is 5.02 Å². The van der Waals surface area contributed by atoms with Crippen molar-refractivity contribution in [1.82, 2.24) is 9.97 Å². The fourth-order valence-corrected chi connectivity index (χ4v) is 2.37. The molecule has 1 atom stereocenters. The van der Waals surface area contributed by atoms with Crippen LogP contribution >= 0.6 is 23.4 Å². The summed E-state index contributed by atoms with van der Waals surface area (Å²) >= 11 is 7.43. The fourth-order valence-electron chi connectivity index (χ4n) is 1.81.